The number of pyridine rings is 1. The van der Waals surface area contributed by atoms with Crippen LogP contribution in [0.3, 0.4) is 0 Å². The highest BCUT2D eigenvalue weighted by atomic mass is 79.9. The van der Waals surface area contributed by atoms with Gasteiger partial charge < -0.3 is 9.72 Å². The normalized spacial score (nSPS) is 11.7. The number of imidazole rings is 1. The molecular weight excluding hydrogens is 408 g/mol. The zero-order valence-electron chi connectivity index (χ0n) is 13.7. The minimum Gasteiger partial charge on any atom is -0.368 e. The van der Waals surface area contributed by atoms with Crippen LogP contribution in [0.5, 0.6) is 0 Å². The number of nitrogens with zero attached hydrogens (tertiary/aromatic N) is 6. The molecule has 0 fully saturated rings. The number of halogens is 3. The van der Waals surface area contributed by atoms with Crippen molar-refractivity contribution in [2.45, 2.75) is 19.8 Å². The maximum absolute atomic E-state index is 12.9. The lowest BCUT2D eigenvalue weighted by atomic mass is 10.3. The van der Waals surface area contributed by atoms with Crippen LogP contribution in [-0.4, -0.2) is 35.7 Å². The molecule has 4 aromatic heterocycles. The van der Waals surface area contributed by atoms with Crippen LogP contribution < -0.4 is 5.32 Å². The van der Waals surface area contributed by atoms with E-state index in [-0.39, 0.29) is 5.65 Å². The number of fused-ring (bicyclic) bond motifs is 2. The van der Waals surface area contributed by atoms with E-state index in [1.165, 1.54) is 0 Å². The Kier molecular flexibility index (Phi) is 4.27. The minimum atomic E-state index is -2.73. The second kappa shape index (κ2) is 6.60. The number of alkyl halides is 2. The van der Waals surface area contributed by atoms with E-state index in [1.807, 2.05) is 29.8 Å². The monoisotopic (exact) mass is 421 g/mol. The van der Waals surface area contributed by atoms with Gasteiger partial charge in [-0.1, -0.05) is 0 Å². The fraction of sp³-hybridized carbons (Fsp3) is 0.250. The van der Waals surface area contributed by atoms with Gasteiger partial charge in [0.15, 0.2) is 5.65 Å². The molecule has 134 valence electrons. The van der Waals surface area contributed by atoms with E-state index in [0.717, 1.165) is 25.9 Å². The number of aryl methyl sites for hydroxylation is 1. The zero-order chi connectivity index (χ0) is 18.3. The molecule has 0 spiro atoms. The molecule has 0 unspecified atom stereocenters. The fourth-order valence-corrected chi connectivity index (χ4v) is 3.31. The van der Waals surface area contributed by atoms with Gasteiger partial charge in [0, 0.05) is 29.8 Å². The predicted octanol–water partition coefficient (Wildman–Crippen LogP) is 3.44. The molecule has 1 N–H and O–H groups in total. The Balaban J connectivity index is 1.48. The Bertz CT molecular complexity index is 1090. The first-order chi connectivity index (χ1) is 12.5. The van der Waals surface area contributed by atoms with Crippen LogP contribution >= 0.6 is 15.9 Å². The molecule has 10 heteroatoms. The molecule has 4 aromatic rings. The highest BCUT2D eigenvalue weighted by molar-refractivity contribution is 9.10. The van der Waals surface area contributed by atoms with Crippen molar-refractivity contribution in [1.29, 1.82) is 0 Å². The van der Waals surface area contributed by atoms with Crippen LogP contribution in [0, 0.1) is 6.92 Å². The van der Waals surface area contributed by atoms with Crippen LogP contribution in [0.15, 0.2) is 35.1 Å². The van der Waals surface area contributed by atoms with E-state index in [4.69, 9.17) is 0 Å². The van der Waals surface area contributed by atoms with Gasteiger partial charge in [0.25, 0.3) is 6.43 Å². The topological polar surface area (TPSA) is 72.4 Å². The Morgan fingerprint density at radius 1 is 1.23 bits per heavy atom. The van der Waals surface area contributed by atoms with Crippen molar-refractivity contribution in [3.63, 3.8) is 0 Å². The van der Waals surface area contributed by atoms with Crippen molar-refractivity contribution < 1.29 is 8.78 Å². The van der Waals surface area contributed by atoms with E-state index in [9.17, 15) is 8.78 Å². The second-order valence-corrected chi connectivity index (χ2v) is 6.74. The van der Waals surface area contributed by atoms with Crippen LogP contribution in [0.4, 0.5) is 14.6 Å². The van der Waals surface area contributed by atoms with Crippen molar-refractivity contribution in [2.24, 2.45) is 0 Å². The van der Waals surface area contributed by atoms with Crippen molar-refractivity contribution in [1.82, 2.24) is 29.2 Å². The third-order valence-corrected chi connectivity index (χ3v) is 4.35. The van der Waals surface area contributed by atoms with E-state index in [2.05, 4.69) is 41.5 Å². The Hall–Kier alpha value is -2.62. The molecule has 26 heavy (non-hydrogen) atoms. The molecule has 0 aliphatic rings. The van der Waals surface area contributed by atoms with E-state index < -0.39 is 12.2 Å². The molecule has 0 amide bonds. The quantitative estimate of drug-likeness (QED) is 0.534. The van der Waals surface area contributed by atoms with Gasteiger partial charge in [-0.15, -0.1) is 15.3 Å². The van der Waals surface area contributed by atoms with Crippen molar-refractivity contribution in [2.75, 3.05) is 11.9 Å². The molecule has 0 saturated carbocycles. The summed E-state index contributed by atoms with van der Waals surface area (Å²) in [5, 5.41) is 14.4. The number of nitrogens with one attached hydrogen (secondary N) is 1. The molecule has 0 radical (unpaired) electrons. The van der Waals surface area contributed by atoms with Gasteiger partial charge in [-0.3, -0.25) is 0 Å². The summed E-state index contributed by atoms with van der Waals surface area (Å²) in [6, 6.07) is 5.30. The molecule has 0 aliphatic carbocycles. The number of hydrogen-bond acceptors (Lipinski definition) is 5. The molecule has 7 nitrogen and oxygen atoms in total. The third-order valence-electron chi connectivity index (χ3n) is 3.92. The molecule has 0 aliphatic heterocycles. The summed E-state index contributed by atoms with van der Waals surface area (Å²) in [5.41, 5.74) is 3.20. The summed E-state index contributed by atoms with van der Waals surface area (Å²) in [5.74, 6) is 0.00643. The lowest BCUT2D eigenvalue weighted by Gasteiger charge is -2.05. The van der Waals surface area contributed by atoms with Gasteiger partial charge >= 0.3 is 0 Å². The molecule has 4 heterocycles. The number of rotatable bonds is 5. The van der Waals surface area contributed by atoms with Crippen LogP contribution in [0.2, 0.25) is 0 Å². The van der Waals surface area contributed by atoms with Gasteiger partial charge in [-0.2, -0.15) is 4.52 Å². The first-order valence-electron chi connectivity index (χ1n) is 7.89. The fourth-order valence-electron chi connectivity index (χ4n) is 2.75. The van der Waals surface area contributed by atoms with Crippen molar-refractivity contribution in [3.8, 4) is 0 Å². The van der Waals surface area contributed by atoms with Crippen molar-refractivity contribution in [3.05, 3.63) is 52.1 Å². The highest BCUT2D eigenvalue weighted by Crippen LogP contribution is 2.19. The number of aromatic nitrogens is 6. The second-order valence-electron chi connectivity index (χ2n) is 5.83. The van der Waals surface area contributed by atoms with Crippen molar-refractivity contribution >= 4 is 33.0 Å². The highest BCUT2D eigenvalue weighted by Gasteiger charge is 2.17. The van der Waals surface area contributed by atoms with Crippen LogP contribution in [0.1, 0.15) is 23.5 Å². The van der Waals surface area contributed by atoms with Crippen LogP contribution in [-0.2, 0) is 6.42 Å². The van der Waals surface area contributed by atoms with E-state index in [1.54, 1.807) is 12.1 Å². The van der Waals surface area contributed by atoms with Gasteiger partial charge in [-0.05, 0) is 46.6 Å². The number of anilines is 1. The summed E-state index contributed by atoms with van der Waals surface area (Å²) in [6.45, 7) is 2.57. The van der Waals surface area contributed by atoms with Gasteiger partial charge in [0.2, 0.25) is 5.82 Å². The Labute approximate surface area is 155 Å². The summed E-state index contributed by atoms with van der Waals surface area (Å²) < 4.78 is 29.8. The largest absolute Gasteiger partial charge is 0.368 e. The van der Waals surface area contributed by atoms with E-state index in [0.29, 0.717) is 18.8 Å². The molecule has 0 saturated heterocycles. The zero-order valence-corrected chi connectivity index (χ0v) is 15.3. The average Bonchev–Trinajstić information content (AvgIpc) is 3.18. The number of hydrogen-bond donors (Lipinski definition) is 1. The standard InChI is InChI=1S/C16H14BrF2N7/c1-9-6-10(17)7-25-8-11(21-15(9)25)4-5-20-12-2-3-13-22-23-16(14(18)19)26(13)24-12/h2-3,6-8,14H,4-5H2,1H3,(H,20,24). The molecule has 4 rings (SSSR count). The maximum atomic E-state index is 12.9. The lowest BCUT2D eigenvalue weighted by molar-refractivity contribution is 0.137. The lowest BCUT2D eigenvalue weighted by Crippen LogP contribution is -2.09. The molecule has 0 aromatic carbocycles. The molecular formula is C16H14BrF2N7. The minimum absolute atomic E-state index is 0.284. The summed E-state index contributed by atoms with van der Waals surface area (Å²) in [7, 11) is 0. The average molecular weight is 422 g/mol. The van der Waals surface area contributed by atoms with Gasteiger partial charge in [0.05, 0.1) is 5.69 Å². The van der Waals surface area contributed by atoms with Gasteiger partial charge in [0.1, 0.15) is 11.5 Å². The summed E-state index contributed by atoms with van der Waals surface area (Å²) in [6.07, 6.45) is 1.87. The van der Waals surface area contributed by atoms with Gasteiger partial charge in [-0.25, -0.2) is 13.8 Å². The Morgan fingerprint density at radius 3 is 2.88 bits per heavy atom. The first-order valence-corrected chi connectivity index (χ1v) is 8.68. The predicted molar refractivity (Wildman–Crippen MR) is 95.6 cm³/mol. The Morgan fingerprint density at radius 2 is 2.08 bits per heavy atom. The molecule has 0 atom stereocenters. The maximum Gasteiger partial charge on any atom is 0.299 e. The molecule has 0 bridgehead atoms. The van der Waals surface area contributed by atoms with E-state index >= 15 is 0 Å². The summed E-state index contributed by atoms with van der Waals surface area (Å²) in [4.78, 5) is 4.62. The smallest absolute Gasteiger partial charge is 0.299 e. The summed E-state index contributed by atoms with van der Waals surface area (Å²) >= 11 is 3.47. The third kappa shape index (κ3) is 3.12. The SMILES string of the molecule is Cc1cc(Br)cn2cc(CCNc3ccc4nnc(C(F)F)n4n3)nc12. The first kappa shape index (κ1) is 16.8. The van der Waals surface area contributed by atoms with Crippen LogP contribution in [0.25, 0.3) is 11.3 Å².